The van der Waals surface area contributed by atoms with Gasteiger partial charge in [0.05, 0.1) is 0 Å². The van der Waals surface area contributed by atoms with Gasteiger partial charge in [-0.15, -0.1) is 0 Å². The Labute approximate surface area is 137 Å². The number of aryl methyl sites for hydroxylation is 2. The molecule has 0 radical (unpaired) electrons. The summed E-state index contributed by atoms with van der Waals surface area (Å²) in [7, 11) is 1.73. The number of rotatable bonds is 5. The fourth-order valence-electron chi connectivity index (χ4n) is 2.50. The fourth-order valence-corrected chi connectivity index (χ4v) is 2.50. The van der Waals surface area contributed by atoms with E-state index in [0.717, 1.165) is 22.4 Å². The van der Waals surface area contributed by atoms with Crippen LogP contribution in [0.25, 0.3) is 0 Å². The van der Waals surface area contributed by atoms with Crippen LogP contribution >= 0.6 is 0 Å². The van der Waals surface area contributed by atoms with Gasteiger partial charge in [0.15, 0.2) is 0 Å². The van der Waals surface area contributed by atoms with Gasteiger partial charge in [-0.2, -0.15) is 0 Å². The Morgan fingerprint density at radius 2 is 1.96 bits per heavy atom. The zero-order valence-electron chi connectivity index (χ0n) is 14.1. The molecule has 122 valence electrons. The number of halogens is 1. The van der Waals surface area contributed by atoms with Crippen LogP contribution in [0.15, 0.2) is 42.5 Å². The van der Waals surface area contributed by atoms with Crippen LogP contribution in [0.1, 0.15) is 23.6 Å². The van der Waals surface area contributed by atoms with E-state index in [1.54, 1.807) is 18.0 Å². The van der Waals surface area contributed by atoms with Crippen LogP contribution in [0.4, 0.5) is 10.1 Å². The second-order valence-corrected chi connectivity index (χ2v) is 6.01. The van der Waals surface area contributed by atoms with E-state index >= 15 is 0 Å². The zero-order chi connectivity index (χ0) is 17.0. The first-order valence-electron chi connectivity index (χ1n) is 7.70. The highest BCUT2D eigenvalue weighted by Crippen LogP contribution is 2.18. The Hall–Kier alpha value is -2.36. The molecule has 0 heterocycles. The SMILES string of the molecule is Cc1ccc(C)c(NC(C)C(=O)N(C)Cc2cccc(F)c2)c1. The minimum Gasteiger partial charge on any atom is -0.374 e. The van der Waals surface area contributed by atoms with Gasteiger partial charge in [0, 0.05) is 19.3 Å². The van der Waals surface area contributed by atoms with E-state index in [1.165, 1.54) is 12.1 Å². The van der Waals surface area contributed by atoms with E-state index in [4.69, 9.17) is 0 Å². The Balaban J connectivity index is 2.02. The van der Waals surface area contributed by atoms with Crippen LogP contribution in [0.2, 0.25) is 0 Å². The predicted molar refractivity (Wildman–Crippen MR) is 91.9 cm³/mol. The first-order valence-corrected chi connectivity index (χ1v) is 7.70. The van der Waals surface area contributed by atoms with Crippen LogP contribution < -0.4 is 5.32 Å². The highest BCUT2D eigenvalue weighted by molar-refractivity contribution is 5.84. The number of amides is 1. The van der Waals surface area contributed by atoms with Crippen LogP contribution in [-0.2, 0) is 11.3 Å². The van der Waals surface area contributed by atoms with Crippen LogP contribution in [0.5, 0.6) is 0 Å². The van der Waals surface area contributed by atoms with Crippen molar-refractivity contribution in [3.05, 3.63) is 65.0 Å². The average molecular weight is 314 g/mol. The summed E-state index contributed by atoms with van der Waals surface area (Å²) in [6.45, 7) is 6.25. The van der Waals surface area contributed by atoms with Crippen molar-refractivity contribution < 1.29 is 9.18 Å². The number of benzene rings is 2. The van der Waals surface area contributed by atoms with Crippen molar-refractivity contribution in [2.75, 3.05) is 12.4 Å². The molecule has 1 N–H and O–H groups in total. The third-order valence-electron chi connectivity index (χ3n) is 3.82. The highest BCUT2D eigenvalue weighted by Gasteiger charge is 2.18. The third-order valence-corrected chi connectivity index (χ3v) is 3.82. The van der Waals surface area contributed by atoms with Gasteiger partial charge in [-0.05, 0) is 55.7 Å². The quantitative estimate of drug-likeness (QED) is 0.908. The summed E-state index contributed by atoms with van der Waals surface area (Å²) in [6.07, 6.45) is 0. The summed E-state index contributed by atoms with van der Waals surface area (Å²) in [5.74, 6) is -0.319. The molecule has 4 heteroatoms. The minimum absolute atomic E-state index is 0.0323. The van der Waals surface area contributed by atoms with Crippen molar-refractivity contribution in [3.8, 4) is 0 Å². The van der Waals surface area contributed by atoms with Crippen molar-refractivity contribution in [3.63, 3.8) is 0 Å². The molecule has 0 aliphatic rings. The van der Waals surface area contributed by atoms with Gasteiger partial charge in [-0.1, -0.05) is 24.3 Å². The molecule has 2 rings (SSSR count). The zero-order valence-corrected chi connectivity index (χ0v) is 14.1. The average Bonchev–Trinajstić information content (AvgIpc) is 2.50. The maximum Gasteiger partial charge on any atom is 0.244 e. The molecule has 0 saturated carbocycles. The van der Waals surface area contributed by atoms with E-state index in [-0.39, 0.29) is 17.8 Å². The van der Waals surface area contributed by atoms with E-state index in [0.29, 0.717) is 6.54 Å². The molecule has 0 aliphatic heterocycles. The molecule has 0 fully saturated rings. The number of nitrogens with one attached hydrogen (secondary N) is 1. The van der Waals surface area contributed by atoms with Gasteiger partial charge in [-0.3, -0.25) is 4.79 Å². The topological polar surface area (TPSA) is 32.3 Å². The first-order chi connectivity index (χ1) is 10.9. The summed E-state index contributed by atoms with van der Waals surface area (Å²) in [6, 6.07) is 12.1. The Morgan fingerprint density at radius 3 is 2.65 bits per heavy atom. The van der Waals surface area contributed by atoms with E-state index in [2.05, 4.69) is 5.32 Å². The summed E-state index contributed by atoms with van der Waals surface area (Å²) in [5, 5.41) is 3.26. The molecule has 0 aliphatic carbocycles. The van der Waals surface area contributed by atoms with Crippen LogP contribution in [-0.4, -0.2) is 23.9 Å². The summed E-state index contributed by atoms with van der Waals surface area (Å²) in [4.78, 5) is 14.1. The number of anilines is 1. The maximum absolute atomic E-state index is 13.2. The minimum atomic E-state index is -0.353. The third kappa shape index (κ3) is 4.55. The molecule has 2 aromatic rings. The lowest BCUT2D eigenvalue weighted by molar-refractivity contribution is -0.130. The van der Waals surface area contributed by atoms with Gasteiger partial charge in [0.2, 0.25) is 5.91 Å². The number of carbonyl (C=O) groups excluding carboxylic acids is 1. The first kappa shape index (κ1) is 17.0. The number of hydrogen-bond donors (Lipinski definition) is 1. The lowest BCUT2D eigenvalue weighted by Crippen LogP contribution is -2.38. The van der Waals surface area contributed by atoms with Gasteiger partial charge in [0.25, 0.3) is 0 Å². The van der Waals surface area contributed by atoms with Crippen molar-refractivity contribution >= 4 is 11.6 Å². The van der Waals surface area contributed by atoms with Crippen molar-refractivity contribution in [2.45, 2.75) is 33.4 Å². The lowest BCUT2D eigenvalue weighted by atomic mass is 10.1. The molecule has 1 unspecified atom stereocenters. The van der Waals surface area contributed by atoms with Gasteiger partial charge in [-0.25, -0.2) is 4.39 Å². The second-order valence-electron chi connectivity index (χ2n) is 6.01. The molecule has 0 saturated heterocycles. The smallest absolute Gasteiger partial charge is 0.244 e. The van der Waals surface area contributed by atoms with Crippen molar-refractivity contribution in [2.24, 2.45) is 0 Å². The monoisotopic (exact) mass is 314 g/mol. The molecule has 3 nitrogen and oxygen atoms in total. The standard InChI is InChI=1S/C19H23FN2O/c1-13-8-9-14(2)18(10-13)21-15(3)19(23)22(4)12-16-6-5-7-17(20)11-16/h5-11,15,21H,12H2,1-4H3. The molecule has 0 bridgehead atoms. The number of nitrogens with zero attached hydrogens (tertiary/aromatic N) is 1. The molecule has 2 aromatic carbocycles. The molecule has 0 spiro atoms. The molecule has 23 heavy (non-hydrogen) atoms. The lowest BCUT2D eigenvalue weighted by Gasteiger charge is -2.23. The summed E-state index contributed by atoms with van der Waals surface area (Å²) >= 11 is 0. The van der Waals surface area contributed by atoms with Crippen molar-refractivity contribution in [1.29, 1.82) is 0 Å². The molecular formula is C19H23FN2O. The Kier molecular flexibility index (Phi) is 5.37. The molecule has 1 amide bonds. The largest absolute Gasteiger partial charge is 0.374 e. The second kappa shape index (κ2) is 7.27. The summed E-state index contributed by atoms with van der Waals surface area (Å²) in [5.41, 5.74) is 3.98. The molecule has 0 aromatic heterocycles. The normalized spacial score (nSPS) is 11.9. The number of carbonyl (C=O) groups is 1. The van der Waals surface area contributed by atoms with Gasteiger partial charge >= 0.3 is 0 Å². The predicted octanol–water partition coefficient (Wildman–Crippen LogP) is 3.90. The number of likely N-dealkylation sites (N-methyl/N-ethyl adjacent to an activating group) is 1. The van der Waals surface area contributed by atoms with Crippen LogP contribution in [0, 0.1) is 19.7 Å². The number of hydrogen-bond acceptors (Lipinski definition) is 2. The highest BCUT2D eigenvalue weighted by atomic mass is 19.1. The molecule has 1 atom stereocenters. The Morgan fingerprint density at radius 1 is 1.22 bits per heavy atom. The molecular weight excluding hydrogens is 291 g/mol. The summed E-state index contributed by atoms with van der Waals surface area (Å²) < 4.78 is 13.2. The van der Waals surface area contributed by atoms with Gasteiger partial charge < -0.3 is 10.2 Å². The van der Waals surface area contributed by atoms with E-state index in [1.807, 2.05) is 45.0 Å². The van der Waals surface area contributed by atoms with E-state index in [9.17, 15) is 9.18 Å². The van der Waals surface area contributed by atoms with Gasteiger partial charge in [0.1, 0.15) is 11.9 Å². The Bertz CT molecular complexity index is 700. The van der Waals surface area contributed by atoms with Crippen LogP contribution in [0.3, 0.4) is 0 Å². The fraction of sp³-hybridized carbons (Fsp3) is 0.316. The van der Waals surface area contributed by atoms with E-state index < -0.39 is 0 Å². The van der Waals surface area contributed by atoms with Crippen molar-refractivity contribution in [1.82, 2.24) is 4.90 Å². The maximum atomic E-state index is 13.2.